The van der Waals surface area contributed by atoms with Gasteiger partial charge >= 0.3 is 11.9 Å². The fourth-order valence-electron chi connectivity index (χ4n) is 3.63. The number of methoxy groups -OCH3 is 1. The van der Waals surface area contributed by atoms with Crippen LogP contribution >= 0.6 is 0 Å². The van der Waals surface area contributed by atoms with E-state index in [-0.39, 0.29) is 42.0 Å². The third-order valence-electron chi connectivity index (χ3n) is 4.34. The van der Waals surface area contributed by atoms with Crippen LogP contribution in [-0.2, 0) is 23.8 Å². The maximum atomic E-state index is 11.8. The molecule has 98 valence electrons. The van der Waals surface area contributed by atoms with Gasteiger partial charge in [-0.25, -0.2) is 4.79 Å². The van der Waals surface area contributed by atoms with Gasteiger partial charge < -0.3 is 14.2 Å². The van der Waals surface area contributed by atoms with Crippen LogP contribution in [0.3, 0.4) is 0 Å². The van der Waals surface area contributed by atoms with Gasteiger partial charge in [0.1, 0.15) is 12.2 Å². The van der Waals surface area contributed by atoms with Crippen molar-refractivity contribution in [2.24, 2.45) is 17.8 Å². The zero-order valence-electron chi connectivity index (χ0n) is 10.4. The molecule has 3 aliphatic rings. The first-order valence-corrected chi connectivity index (χ1v) is 6.14. The van der Waals surface area contributed by atoms with Gasteiger partial charge in [0, 0.05) is 24.5 Å². The van der Waals surface area contributed by atoms with Crippen molar-refractivity contribution in [2.45, 2.75) is 31.7 Å². The average molecular weight is 252 g/mol. The number of carbonyl (C=O) groups excluding carboxylic acids is 2. The van der Waals surface area contributed by atoms with E-state index in [2.05, 4.69) is 6.58 Å². The van der Waals surface area contributed by atoms with E-state index in [1.807, 2.05) is 0 Å². The Hall–Kier alpha value is -1.36. The highest BCUT2D eigenvalue weighted by atomic mass is 16.6. The van der Waals surface area contributed by atoms with Crippen molar-refractivity contribution in [3.63, 3.8) is 0 Å². The molecule has 0 spiro atoms. The maximum Gasteiger partial charge on any atom is 0.333 e. The first-order valence-electron chi connectivity index (χ1n) is 6.14. The van der Waals surface area contributed by atoms with Gasteiger partial charge in [-0.15, -0.1) is 0 Å². The standard InChI is InChI=1S/C13H16O5/c1-5(2)12(14)17-11-7-4-6-8(9(7)16-3)13(15)18-10(6)11/h6-11H,1,4H2,2-3H3. The molecule has 3 rings (SSSR count). The number of hydrogen-bond donors (Lipinski definition) is 0. The Morgan fingerprint density at radius 1 is 1.39 bits per heavy atom. The molecule has 2 aliphatic carbocycles. The molecule has 3 fully saturated rings. The number of carbonyl (C=O) groups is 2. The second kappa shape index (κ2) is 3.82. The summed E-state index contributed by atoms with van der Waals surface area (Å²) in [7, 11) is 1.59. The van der Waals surface area contributed by atoms with Gasteiger partial charge in [-0.3, -0.25) is 4.79 Å². The van der Waals surface area contributed by atoms with E-state index in [0.29, 0.717) is 5.57 Å². The normalized spacial score (nSPS) is 44.0. The van der Waals surface area contributed by atoms with Gasteiger partial charge in [0.2, 0.25) is 0 Å². The lowest BCUT2D eigenvalue weighted by Gasteiger charge is -2.30. The van der Waals surface area contributed by atoms with Gasteiger partial charge in [0.25, 0.3) is 0 Å². The van der Waals surface area contributed by atoms with Crippen molar-refractivity contribution < 1.29 is 23.8 Å². The molecular formula is C13H16O5. The van der Waals surface area contributed by atoms with Crippen LogP contribution in [0.4, 0.5) is 0 Å². The molecule has 5 heteroatoms. The van der Waals surface area contributed by atoms with E-state index in [4.69, 9.17) is 14.2 Å². The quantitative estimate of drug-likeness (QED) is 0.546. The predicted molar refractivity (Wildman–Crippen MR) is 60.5 cm³/mol. The Kier molecular flexibility index (Phi) is 2.48. The summed E-state index contributed by atoms with van der Waals surface area (Å²) in [5, 5.41) is 0. The van der Waals surface area contributed by atoms with Crippen LogP contribution in [0.1, 0.15) is 13.3 Å². The molecule has 0 aromatic heterocycles. The fourth-order valence-corrected chi connectivity index (χ4v) is 3.63. The summed E-state index contributed by atoms with van der Waals surface area (Å²) in [6, 6.07) is 0. The van der Waals surface area contributed by atoms with E-state index in [0.717, 1.165) is 6.42 Å². The Balaban J connectivity index is 1.84. The van der Waals surface area contributed by atoms with Crippen LogP contribution in [0.15, 0.2) is 12.2 Å². The van der Waals surface area contributed by atoms with Crippen molar-refractivity contribution in [3.05, 3.63) is 12.2 Å². The summed E-state index contributed by atoms with van der Waals surface area (Å²) in [5.74, 6) is -0.625. The Bertz CT molecular complexity index is 429. The molecule has 0 N–H and O–H groups in total. The molecule has 5 nitrogen and oxygen atoms in total. The van der Waals surface area contributed by atoms with E-state index in [9.17, 15) is 9.59 Å². The van der Waals surface area contributed by atoms with Gasteiger partial charge in [0.05, 0.1) is 12.0 Å². The summed E-state index contributed by atoms with van der Waals surface area (Å²) in [4.78, 5) is 23.4. The van der Waals surface area contributed by atoms with Crippen molar-refractivity contribution in [1.82, 2.24) is 0 Å². The maximum absolute atomic E-state index is 11.8. The first-order chi connectivity index (χ1) is 8.54. The van der Waals surface area contributed by atoms with E-state index in [1.54, 1.807) is 14.0 Å². The van der Waals surface area contributed by atoms with Crippen LogP contribution < -0.4 is 0 Å². The molecule has 6 unspecified atom stereocenters. The zero-order chi connectivity index (χ0) is 13.0. The summed E-state index contributed by atoms with van der Waals surface area (Å²) in [6.07, 6.45) is -0.0357. The lowest BCUT2D eigenvalue weighted by molar-refractivity contribution is -0.159. The van der Waals surface area contributed by atoms with E-state index < -0.39 is 5.97 Å². The molecule has 1 aliphatic heterocycles. The average Bonchev–Trinajstić information content (AvgIpc) is 2.91. The van der Waals surface area contributed by atoms with Crippen LogP contribution in [0.2, 0.25) is 0 Å². The van der Waals surface area contributed by atoms with Crippen molar-refractivity contribution >= 4 is 11.9 Å². The SMILES string of the molecule is C=C(C)C(=O)OC1C2CC3C1OC(=O)C3C2OC. The number of esters is 2. The molecule has 0 aromatic carbocycles. The van der Waals surface area contributed by atoms with Gasteiger partial charge in [0.15, 0.2) is 0 Å². The van der Waals surface area contributed by atoms with E-state index in [1.165, 1.54) is 0 Å². The molecule has 0 amide bonds. The molecular weight excluding hydrogens is 236 g/mol. The zero-order valence-corrected chi connectivity index (χ0v) is 10.4. The minimum atomic E-state index is -0.429. The first kappa shape index (κ1) is 11.7. The van der Waals surface area contributed by atoms with Gasteiger partial charge in [-0.05, 0) is 13.3 Å². The van der Waals surface area contributed by atoms with E-state index >= 15 is 0 Å². The third kappa shape index (κ3) is 1.37. The number of ether oxygens (including phenoxy) is 3. The predicted octanol–water partition coefficient (Wildman–Crippen LogP) is 0.681. The second-order valence-electron chi connectivity index (χ2n) is 5.34. The highest BCUT2D eigenvalue weighted by Crippen LogP contribution is 2.56. The van der Waals surface area contributed by atoms with Crippen LogP contribution in [-0.4, -0.2) is 37.4 Å². The second-order valence-corrected chi connectivity index (χ2v) is 5.34. The number of fused-ring (bicyclic) bond motifs is 1. The monoisotopic (exact) mass is 252 g/mol. The molecule has 1 heterocycles. The lowest BCUT2D eigenvalue weighted by atomic mass is 9.85. The Labute approximate surface area is 105 Å². The Morgan fingerprint density at radius 2 is 2.11 bits per heavy atom. The van der Waals surface area contributed by atoms with Gasteiger partial charge in [-0.2, -0.15) is 0 Å². The summed E-state index contributed by atoms with van der Waals surface area (Å²) >= 11 is 0. The smallest absolute Gasteiger partial charge is 0.333 e. The fraction of sp³-hybridized carbons (Fsp3) is 0.692. The molecule has 2 bridgehead atoms. The largest absolute Gasteiger partial charge is 0.458 e. The molecule has 6 atom stereocenters. The minimum absolute atomic E-state index is 0.0600. The van der Waals surface area contributed by atoms with Crippen LogP contribution in [0.25, 0.3) is 0 Å². The molecule has 1 saturated heterocycles. The third-order valence-corrected chi connectivity index (χ3v) is 4.34. The number of rotatable bonds is 3. The Morgan fingerprint density at radius 3 is 2.72 bits per heavy atom. The van der Waals surface area contributed by atoms with Crippen LogP contribution in [0, 0.1) is 17.8 Å². The topological polar surface area (TPSA) is 61.8 Å². The van der Waals surface area contributed by atoms with Crippen molar-refractivity contribution in [1.29, 1.82) is 0 Å². The summed E-state index contributed by atoms with van der Waals surface area (Å²) in [6.45, 7) is 5.17. The number of hydrogen-bond acceptors (Lipinski definition) is 5. The highest BCUT2D eigenvalue weighted by Gasteiger charge is 2.68. The van der Waals surface area contributed by atoms with Gasteiger partial charge in [-0.1, -0.05) is 6.58 Å². The minimum Gasteiger partial charge on any atom is -0.458 e. The van der Waals surface area contributed by atoms with Crippen molar-refractivity contribution in [3.8, 4) is 0 Å². The molecule has 18 heavy (non-hydrogen) atoms. The molecule has 0 radical (unpaired) electrons. The summed E-state index contributed by atoms with van der Waals surface area (Å²) in [5.41, 5.74) is 0.354. The van der Waals surface area contributed by atoms with Crippen LogP contribution in [0.5, 0.6) is 0 Å². The summed E-state index contributed by atoms with van der Waals surface area (Å²) < 4.78 is 16.2. The lowest BCUT2D eigenvalue weighted by Crippen LogP contribution is -2.43. The molecule has 0 aromatic rings. The highest BCUT2D eigenvalue weighted by molar-refractivity contribution is 5.87. The van der Waals surface area contributed by atoms with Crippen molar-refractivity contribution in [2.75, 3.05) is 7.11 Å². The molecule has 2 saturated carbocycles.